The molecule has 2 rings (SSSR count). The van der Waals surface area contributed by atoms with Crippen molar-refractivity contribution < 1.29 is 19.4 Å². The van der Waals surface area contributed by atoms with Crippen LogP contribution >= 0.6 is 0 Å². The quantitative estimate of drug-likeness (QED) is 0.817. The van der Waals surface area contributed by atoms with Crippen LogP contribution in [0.15, 0.2) is 36.4 Å². The maximum absolute atomic E-state index is 11.1. The van der Waals surface area contributed by atoms with E-state index < -0.39 is 12.6 Å². The van der Waals surface area contributed by atoms with Crippen molar-refractivity contribution in [3.63, 3.8) is 0 Å². The number of hydrogen-bond acceptors (Lipinski definition) is 3. The Balaban J connectivity index is 2.49. The van der Waals surface area contributed by atoms with Crippen molar-refractivity contribution in [3.8, 4) is 5.75 Å². The predicted molar refractivity (Wildman–Crippen MR) is 62.5 cm³/mol. The maximum atomic E-state index is 11.1. The number of ether oxygens (including phenoxy) is 1. The summed E-state index contributed by atoms with van der Waals surface area (Å²) in [5.74, 6) is -0.781. The first-order valence-electron chi connectivity index (χ1n) is 5.04. The Morgan fingerprint density at radius 3 is 2.71 bits per heavy atom. The lowest BCUT2D eigenvalue weighted by Gasteiger charge is -2.08. The summed E-state index contributed by atoms with van der Waals surface area (Å²) in [6.07, 6.45) is 0.680. The zero-order valence-electron chi connectivity index (χ0n) is 8.92. The van der Waals surface area contributed by atoms with E-state index in [0.29, 0.717) is 17.6 Å². The van der Waals surface area contributed by atoms with Gasteiger partial charge in [0, 0.05) is 0 Å². The summed E-state index contributed by atoms with van der Waals surface area (Å²) < 4.78 is 5.07. The molecular weight excluding hydrogens is 220 g/mol. The largest absolute Gasteiger partial charge is 0.481 e. The number of carbonyl (C=O) groups excluding carboxylic acids is 1. The van der Waals surface area contributed by atoms with Gasteiger partial charge >= 0.3 is 5.97 Å². The first-order chi connectivity index (χ1) is 8.22. The zero-order valence-corrected chi connectivity index (χ0v) is 8.92. The normalized spacial score (nSPS) is 10.1. The van der Waals surface area contributed by atoms with Crippen molar-refractivity contribution in [2.24, 2.45) is 0 Å². The second-order valence-corrected chi connectivity index (χ2v) is 3.50. The highest BCUT2D eigenvalue weighted by molar-refractivity contribution is 6.00. The fraction of sp³-hybridized carbons (Fsp3) is 0.0769. The number of carbonyl (C=O) groups is 2. The maximum Gasteiger partial charge on any atom is 0.341 e. The number of carboxylic acid groups (broad SMARTS) is 1. The highest BCUT2D eigenvalue weighted by Crippen LogP contribution is 2.26. The number of fused-ring (bicyclic) bond motifs is 1. The predicted octanol–water partition coefficient (Wildman–Crippen LogP) is 2.12. The smallest absolute Gasteiger partial charge is 0.341 e. The molecule has 4 heteroatoms. The fourth-order valence-electron chi connectivity index (χ4n) is 1.66. The van der Waals surface area contributed by atoms with Crippen molar-refractivity contribution in [3.05, 3.63) is 42.0 Å². The molecule has 1 N–H and O–H groups in total. The van der Waals surface area contributed by atoms with Crippen LogP contribution in [0.5, 0.6) is 5.75 Å². The van der Waals surface area contributed by atoms with Crippen LogP contribution in [0.4, 0.5) is 0 Å². The second-order valence-electron chi connectivity index (χ2n) is 3.50. The van der Waals surface area contributed by atoms with Gasteiger partial charge in [-0.15, -0.1) is 0 Å². The molecule has 0 aliphatic heterocycles. The Kier molecular flexibility index (Phi) is 3.05. The summed E-state index contributed by atoms with van der Waals surface area (Å²) in [6.45, 7) is -0.459. The third-order valence-electron chi connectivity index (χ3n) is 2.40. The molecule has 0 atom stereocenters. The van der Waals surface area contributed by atoms with Crippen LogP contribution in [-0.4, -0.2) is 24.0 Å². The summed E-state index contributed by atoms with van der Waals surface area (Å²) in [5.41, 5.74) is 0.379. The summed E-state index contributed by atoms with van der Waals surface area (Å²) in [4.78, 5) is 21.5. The van der Waals surface area contributed by atoms with Crippen molar-refractivity contribution in [2.75, 3.05) is 6.61 Å². The van der Waals surface area contributed by atoms with Gasteiger partial charge in [-0.2, -0.15) is 0 Å². The highest BCUT2D eigenvalue weighted by atomic mass is 16.5. The number of aliphatic carboxylic acids is 1. The van der Waals surface area contributed by atoms with Gasteiger partial charge in [0.15, 0.2) is 12.9 Å². The van der Waals surface area contributed by atoms with E-state index in [2.05, 4.69) is 0 Å². The molecule has 0 aliphatic rings. The van der Waals surface area contributed by atoms with E-state index in [0.717, 1.165) is 10.8 Å². The zero-order chi connectivity index (χ0) is 12.3. The van der Waals surface area contributed by atoms with E-state index >= 15 is 0 Å². The summed E-state index contributed by atoms with van der Waals surface area (Å²) >= 11 is 0. The lowest BCUT2D eigenvalue weighted by atomic mass is 10.0. The van der Waals surface area contributed by atoms with Crippen LogP contribution in [-0.2, 0) is 4.79 Å². The molecule has 86 valence electrons. The molecule has 0 heterocycles. The fourth-order valence-corrected chi connectivity index (χ4v) is 1.66. The lowest BCUT2D eigenvalue weighted by molar-refractivity contribution is -0.139. The average molecular weight is 230 g/mol. The number of hydrogen-bond donors (Lipinski definition) is 1. The molecule has 2 aromatic carbocycles. The van der Waals surface area contributed by atoms with Gasteiger partial charge in [-0.1, -0.05) is 30.3 Å². The molecule has 0 radical (unpaired) electrons. The Morgan fingerprint density at radius 2 is 2.00 bits per heavy atom. The van der Waals surface area contributed by atoms with Crippen molar-refractivity contribution >= 4 is 23.0 Å². The van der Waals surface area contributed by atoms with Gasteiger partial charge in [0.25, 0.3) is 0 Å². The van der Waals surface area contributed by atoms with Crippen LogP contribution in [0.25, 0.3) is 10.8 Å². The van der Waals surface area contributed by atoms with E-state index in [1.54, 1.807) is 18.2 Å². The molecule has 0 aromatic heterocycles. The lowest BCUT2D eigenvalue weighted by Crippen LogP contribution is -2.10. The minimum atomic E-state index is -1.07. The molecule has 0 bridgehead atoms. The van der Waals surface area contributed by atoms with Crippen LogP contribution in [0.2, 0.25) is 0 Å². The van der Waals surface area contributed by atoms with E-state index in [-0.39, 0.29) is 0 Å². The third-order valence-corrected chi connectivity index (χ3v) is 2.40. The number of aldehydes is 1. The monoisotopic (exact) mass is 230 g/mol. The number of rotatable bonds is 4. The molecule has 0 aliphatic carbocycles. The van der Waals surface area contributed by atoms with Gasteiger partial charge in [0.1, 0.15) is 5.75 Å². The summed E-state index contributed by atoms with van der Waals surface area (Å²) in [7, 11) is 0. The van der Waals surface area contributed by atoms with Crippen LogP contribution in [0, 0.1) is 0 Å². The van der Waals surface area contributed by atoms with E-state index in [4.69, 9.17) is 9.84 Å². The molecule has 0 fully saturated rings. The number of benzene rings is 2. The molecule has 0 amide bonds. The standard InChI is InChI=1S/C13H10O4/c14-7-11-10-4-2-1-3-9(10)5-6-12(11)17-8-13(15)16/h1-7H,8H2,(H,15,16). The summed E-state index contributed by atoms with van der Waals surface area (Å²) in [5, 5.41) is 10.2. The molecule has 0 spiro atoms. The van der Waals surface area contributed by atoms with Crippen LogP contribution in [0.1, 0.15) is 10.4 Å². The molecule has 0 saturated heterocycles. The Hall–Kier alpha value is -2.36. The van der Waals surface area contributed by atoms with Crippen molar-refractivity contribution in [1.29, 1.82) is 0 Å². The average Bonchev–Trinajstić information content (AvgIpc) is 2.35. The van der Waals surface area contributed by atoms with Crippen LogP contribution < -0.4 is 4.74 Å². The van der Waals surface area contributed by atoms with Gasteiger partial charge in [0.2, 0.25) is 0 Å². The molecule has 4 nitrogen and oxygen atoms in total. The van der Waals surface area contributed by atoms with Gasteiger partial charge in [-0.25, -0.2) is 4.79 Å². The minimum Gasteiger partial charge on any atom is -0.481 e. The molecule has 17 heavy (non-hydrogen) atoms. The van der Waals surface area contributed by atoms with Crippen molar-refractivity contribution in [1.82, 2.24) is 0 Å². The van der Waals surface area contributed by atoms with Gasteiger partial charge in [0.05, 0.1) is 5.56 Å². The van der Waals surface area contributed by atoms with E-state index in [1.807, 2.05) is 18.2 Å². The first-order valence-corrected chi connectivity index (χ1v) is 5.04. The molecule has 0 unspecified atom stereocenters. The Bertz CT molecular complexity index is 575. The highest BCUT2D eigenvalue weighted by Gasteiger charge is 2.09. The molecular formula is C13H10O4. The Labute approximate surface area is 97.4 Å². The van der Waals surface area contributed by atoms with Gasteiger partial charge in [-0.3, -0.25) is 4.79 Å². The summed E-state index contributed by atoms with van der Waals surface area (Å²) in [6, 6.07) is 10.8. The topological polar surface area (TPSA) is 63.6 Å². The van der Waals surface area contributed by atoms with E-state index in [1.165, 1.54) is 0 Å². The molecule has 2 aromatic rings. The number of carboxylic acids is 1. The van der Waals surface area contributed by atoms with Gasteiger partial charge < -0.3 is 9.84 Å². The second kappa shape index (κ2) is 4.65. The van der Waals surface area contributed by atoms with Gasteiger partial charge in [-0.05, 0) is 16.8 Å². The third kappa shape index (κ3) is 2.25. The first kappa shape index (κ1) is 11.1. The molecule has 0 saturated carbocycles. The SMILES string of the molecule is O=Cc1c(OCC(=O)O)ccc2ccccc12. The van der Waals surface area contributed by atoms with E-state index in [9.17, 15) is 9.59 Å². The minimum absolute atomic E-state index is 0.293. The Morgan fingerprint density at radius 1 is 1.24 bits per heavy atom. The van der Waals surface area contributed by atoms with Crippen molar-refractivity contribution in [2.45, 2.75) is 0 Å². The van der Waals surface area contributed by atoms with Crippen LogP contribution in [0.3, 0.4) is 0 Å².